The maximum Gasteiger partial charge on any atom is 0.137 e. The molecule has 3 heteroatoms. The summed E-state index contributed by atoms with van der Waals surface area (Å²) < 4.78 is 9.00. The first kappa shape index (κ1) is 31.6. The largest absolute Gasteiger partial charge is 0.456 e. The van der Waals surface area contributed by atoms with Crippen molar-refractivity contribution < 1.29 is 4.42 Å². The van der Waals surface area contributed by atoms with Gasteiger partial charge in [0, 0.05) is 36.9 Å². The minimum Gasteiger partial charge on any atom is -0.456 e. The van der Waals surface area contributed by atoms with Gasteiger partial charge in [-0.05, 0) is 111 Å². The number of anilines is 3. The Morgan fingerprint density at radius 3 is 1.58 bits per heavy atom. The van der Waals surface area contributed by atoms with Gasteiger partial charge in [0.25, 0.3) is 0 Å². The van der Waals surface area contributed by atoms with Gasteiger partial charge < -0.3 is 9.32 Å². The molecule has 0 saturated carbocycles. The van der Waals surface area contributed by atoms with Crippen LogP contribution in [0.4, 0.5) is 17.1 Å². The summed E-state index contributed by atoms with van der Waals surface area (Å²) in [6.07, 6.45) is 0. The van der Waals surface area contributed by atoms with Gasteiger partial charge in [-0.25, -0.2) is 0 Å². The highest BCUT2D eigenvalue weighted by Gasteiger charge is 2.20. The van der Waals surface area contributed by atoms with E-state index in [0.29, 0.717) is 0 Å². The number of rotatable bonds is 6. The van der Waals surface area contributed by atoms with Crippen LogP contribution in [0.2, 0.25) is 0 Å². The SMILES string of the molecule is c1ccc(-c2ccc3cc(-c4ccc(N(c5ccc(-c6ccc7c(c6)sc6ccccc67)cc5)c5cccc6oc7ccccc7c56)cc4)ccc3c2)cc1. The van der Waals surface area contributed by atoms with Crippen LogP contribution in [0.3, 0.4) is 0 Å². The van der Waals surface area contributed by atoms with E-state index in [1.807, 2.05) is 23.5 Å². The standard InChI is InChI=1S/C52H33NOS/c1-2-9-34(10-3-1)37-17-19-40-32-38(18-20-39(40)31-37)35-21-26-42(27-22-35)53(47-13-8-15-49-52(47)46-12-4-6-14-48(46)54-49)43-28-23-36(24-29-43)41-25-30-45-44-11-5-7-16-50(44)55-51(45)33-41/h1-33H. The normalized spacial score (nSPS) is 11.6. The molecule has 0 spiro atoms. The third kappa shape index (κ3) is 5.48. The van der Waals surface area contributed by atoms with E-state index < -0.39 is 0 Å². The van der Waals surface area contributed by atoms with E-state index in [1.54, 1.807) is 0 Å². The lowest BCUT2D eigenvalue weighted by molar-refractivity contribution is 0.669. The van der Waals surface area contributed by atoms with Gasteiger partial charge in [0.15, 0.2) is 0 Å². The molecule has 0 bridgehead atoms. The van der Waals surface area contributed by atoms with E-state index in [1.165, 1.54) is 64.3 Å². The Morgan fingerprint density at radius 2 is 0.873 bits per heavy atom. The highest BCUT2D eigenvalue weighted by atomic mass is 32.1. The minimum atomic E-state index is 0.875. The molecule has 9 aromatic carbocycles. The molecule has 0 aliphatic carbocycles. The summed E-state index contributed by atoms with van der Waals surface area (Å²) in [6, 6.07) is 72.2. The molecule has 0 aliphatic heterocycles. The van der Waals surface area contributed by atoms with Crippen LogP contribution in [0.5, 0.6) is 0 Å². The number of hydrogen-bond donors (Lipinski definition) is 0. The summed E-state index contributed by atoms with van der Waals surface area (Å²) in [4.78, 5) is 2.36. The average Bonchev–Trinajstić information content (AvgIpc) is 3.83. The van der Waals surface area contributed by atoms with Crippen molar-refractivity contribution >= 4 is 81.3 Å². The second-order valence-electron chi connectivity index (χ2n) is 14.1. The van der Waals surface area contributed by atoms with Crippen LogP contribution >= 0.6 is 11.3 Å². The Labute approximate surface area is 322 Å². The van der Waals surface area contributed by atoms with Crippen molar-refractivity contribution in [1.82, 2.24) is 0 Å². The van der Waals surface area contributed by atoms with E-state index in [0.717, 1.165) is 39.0 Å². The van der Waals surface area contributed by atoms with Gasteiger partial charge in [0.05, 0.1) is 11.1 Å². The molecular weight excluding hydrogens is 687 g/mol. The van der Waals surface area contributed by atoms with Crippen LogP contribution < -0.4 is 4.90 Å². The monoisotopic (exact) mass is 719 g/mol. The topological polar surface area (TPSA) is 16.4 Å². The zero-order valence-electron chi connectivity index (χ0n) is 29.8. The predicted molar refractivity (Wildman–Crippen MR) is 235 cm³/mol. The second kappa shape index (κ2) is 12.9. The summed E-state index contributed by atoms with van der Waals surface area (Å²) in [5, 5.41) is 7.32. The Bertz CT molecular complexity index is 3190. The summed E-state index contributed by atoms with van der Waals surface area (Å²) in [6.45, 7) is 0. The number of benzene rings is 9. The van der Waals surface area contributed by atoms with Crippen LogP contribution in [-0.4, -0.2) is 0 Å². The lowest BCUT2D eigenvalue weighted by Gasteiger charge is -2.26. The first-order valence-electron chi connectivity index (χ1n) is 18.7. The van der Waals surface area contributed by atoms with E-state index in [-0.39, 0.29) is 0 Å². The van der Waals surface area contributed by atoms with Crippen LogP contribution in [0.1, 0.15) is 0 Å². The van der Waals surface area contributed by atoms with Crippen molar-refractivity contribution in [2.75, 3.05) is 4.90 Å². The van der Waals surface area contributed by atoms with Crippen molar-refractivity contribution in [2.45, 2.75) is 0 Å². The Kier molecular flexibility index (Phi) is 7.39. The maximum atomic E-state index is 6.37. The van der Waals surface area contributed by atoms with Gasteiger partial charge in [-0.1, -0.05) is 133 Å². The molecule has 0 atom stereocenters. The van der Waals surface area contributed by atoms with Gasteiger partial charge in [-0.15, -0.1) is 11.3 Å². The fourth-order valence-electron chi connectivity index (χ4n) is 8.12. The lowest BCUT2D eigenvalue weighted by atomic mass is 9.97. The van der Waals surface area contributed by atoms with Gasteiger partial charge >= 0.3 is 0 Å². The fourth-order valence-corrected chi connectivity index (χ4v) is 9.26. The molecule has 0 radical (unpaired) electrons. The molecule has 2 nitrogen and oxygen atoms in total. The van der Waals surface area contributed by atoms with E-state index in [4.69, 9.17) is 4.42 Å². The van der Waals surface area contributed by atoms with Crippen molar-refractivity contribution in [3.8, 4) is 33.4 Å². The Morgan fingerprint density at radius 1 is 0.345 bits per heavy atom. The quantitative estimate of drug-likeness (QED) is 0.170. The molecule has 2 heterocycles. The zero-order valence-corrected chi connectivity index (χ0v) is 30.6. The molecule has 11 rings (SSSR count). The van der Waals surface area contributed by atoms with Crippen LogP contribution in [0.25, 0.3) is 86.3 Å². The molecule has 11 aromatic rings. The Balaban J connectivity index is 0.987. The van der Waals surface area contributed by atoms with E-state index in [2.05, 4.69) is 193 Å². The number of thiophene rings is 1. The number of nitrogens with zero attached hydrogens (tertiary/aromatic N) is 1. The van der Waals surface area contributed by atoms with Gasteiger partial charge in [-0.2, -0.15) is 0 Å². The summed E-state index contributed by atoms with van der Waals surface area (Å²) in [5.41, 5.74) is 12.2. The summed E-state index contributed by atoms with van der Waals surface area (Å²) in [7, 11) is 0. The zero-order chi connectivity index (χ0) is 36.3. The first-order chi connectivity index (χ1) is 27.2. The predicted octanol–water partition coefficient (Wildman–Crippen LogP) is 15.6. The molecule has 0 unspecified atom stereocenters. The van der Waals surface area contributed by atoms with Gasteiger partial charge in [-0.3, -0.25) is 0 Å². The maximum absolute atomic E-state index is 6.37. The number of fused-ring (bicyclic) bond motifs is 7. The van der Waals surface area contributed by atoms with E-state index in [9.17, 15) is 0 Å². The van der Waals surface area contributed by atoms with Gasteiger partial charge in [0.2, 0.25) is 0 Å². The average molecular weight is 720 g/mol. The van der Waals surface area contributed by atoms with Crippen LogP contribution in [0, 0.1) is 0 Å². The fraction of sp³-hybridized carbons (Fsp3) is 0. The minimum absolute atomic E-state index is 0.875. The number of para-hydroxylation sites is 1. The molecule has 0 amide bonds. The summed E-state index contributed by atoms with van der Waals surface area (Å²) in [5.74, 6) is 0. The second-order valence-corrected chi connectivity index (χ2v) is 15.2. The molecule has 2 aromatic heterocycles. The third-order valence-corrected chi connectivity index (χ3v) is 12.0. The van der Waals surface area contributed by atoms with Crippen molar-refractivity contribution in [3.05, 3.63) is 200 Å². The number of furan rings is 1. The molecule has 0 aliphatic rings. The molecule has 0 N–H and O–H groups in total. The number of hydrogen-bond acceptors (Lipinski definition) is 3. The highest BCUT2D eigenvalue weighted by Crippen LogP contribution is 2.44. The van der Waals surface area contributed by atoms with E-state index >= 15 is 0 Å². The van der Waals surface area contributed by atoms with Crippen molar-refractivity contribution in [1.29, 1.82) is 0 Å². The smallest absolute Gasteiger partial charge is 0.137 e. The van der Waals surface area contributed by atoms with Crippen LogP contribution in [0.15, 0.2) is 205 Å². The molecule has 0 saturated heterocycles. The highest BCUT2D eigenvalue weighted by molar-refractivity contribution is 7.25. The van der Waals surface area contributed by atoms with Crippen LogP contribution in [-0.2, 0) is 0 Å². The Hall–Kier alpha value is -6.94. The van der Waals surface area contributed by atoms with Crippen molar-refractivity contribution in [2.24, 2.45) is 0 Å². The molecular formula is C52H33NOS. The third-order valence-electron chi connectivity index (χ3n) is 10.9. The molecule has 55 heavy (non-hydrogen) atoms. The molecule has 258 valence electrons. The van der Waals surface area contributed by atoms with Gasteiger partial charge in [0.1, 0.15) is 11.2 Å². The van der Waals surface area contributed by atoms with Crippen molar-refractivity contribution in [3.63, 3.8) is 0 Å². The lowest BCUT2D eigenvalue weighted by Crippen LogP contribution is -2.10. The first-order valence-corrected chi connectivity index (χ1v) is 19.5. The summed E-state index contributed by atoms with van der Waals surface area (Å²) >= 11 is 1.86. The molecule has 0 fully saturated rings.